The first-order chi connectivity index (χ1) is 13.7. The third-order valence-electron chi connectivity index (χ3n) is 9.76. The highest BCUT2D eigenvalue weighted by Gasteiger charge is 2.73. The van der Waals surface area contributed by atoms with E-state index >= 15 is 0 Å². The number of hydrogen-bond acceptors (Lipinski definition) is 4. The van der Waals surface area contributed by atoms with Crippen LogP contribution in [-0.2, 0) is 19.1 Å². The molecule has 3 unspecified atom stereocenters. The lowest BCUT2D eigenvalue weighted by Crippen LogP contribution is -2.70. The molecule has 0 aromatic heterocycles. The van der Waals surface area contributed by atoms with E-state index in [1.807, 2.05) is 0 Å². The Bertz CT molecular complexity index is 769. The lowest BCUT2D eigenvalue weighted by molar-refractivity contribution is -0.208. The Morgan fingerprint density at radius 3 is 2.52 bits per heavy atom. The van der Waals surface area contributed by atoms with Crippen LogP contribution >= 0.6 is 0 Å². The van der Waals surface area contributed by atoms with Crippen molar-refractivity contribution in [2.24, 2.45) is 39.9 Å². The van der Waals surface area contributed by atoms with Crippen molar-refractivity contribution < 1.29 is 19.1 Å². The van der Waals surface area contributed by atoms with Crippen molar-refractivity contribution in [2.45, 2.75) is 79.1 Å². The van der Waals surface area contributed by atoms with Gasteiger partial charge < -0.3 is 4.74 Å². The second-order valence-electron chi connectivity index (χ2n) is 10.5. The Morgan fingerprint density at radius 1 is 1.17 bits per heavy atom. The first kappa shape index (κ1) is 20.8. The van der Waals surface area contributed by atoms with Gasteiger partial charge in [-0.2, -0.15) is 0 Å². The molecule has 5 saturated carbocycles. The van der Waals surface area contributed by atoms with Gasteiger partial charge in [-0.15, -0.1) is 0 Å². The molecule has 0 N–H and O–H groups in total. The summed E-state index contributed by atoms with van der Waals surface area (Å²) in [7, 11) is 0. The van der Waals surface area contributed by atoms with E-state index in [-0.39, 0.29) is 58.6 Å². The molecule has 0 amide bonds. The maximum Gasteiger partial charge on any atom is 0.302 e. The van der Waals surface area contributed by atoms with Gasteiger partial charge in [0.2, 0.25) is 0 Å². The summed E-state index contributed by atoms with van der Waals surface area (Å²) in [5.41, 5.74) is -0.246. The standard InChI is InChI=1S/C25H36O4/c1-6-23(5)10-8-11-24(7-2)19-13-17-9-12-25(19,21(27)15(17)3)22(28)18(20(23)24)14-29-16(4)26/h17-20H,3,6-14H2,1-2,4-5H3/t17-,18-,19?,20?,23+,24-,25?/m0/s1. The number of Topliss-reactive ketones (excluding diaryl/α,β-unsaturated/α-hetero) is 2. The minimum Gasteiger partial charge on any atom is -0.465 e. The lowest BCUT2D eigenvalue weighted by Gasteiger charge is -2.69. The number of rotatable bonds is 4. The Morgan fingerprint density at radius 2 is 1.90 bits per heavy atom. The fourth-order valence-electron chi connectivity index (χ4n) is 8.38. The first-order valence-corrected chi connectivity index (χ1v) is 11.6. The van der Waals surface area contributed by atoms with Crippen LogP contribution in [0.15, 0.2) is 12.2 Å². The number of hydrogen-bond donors (Lipinski definition) is 0. The topological polar surface area (TPSA) is 60.4 Å². The molecule has 5 aliphatic carbocycles. The third-order valence-corrected chi connectivity index (χ3v) is 9.76. The molecule has 4 heteroatoms. The maximum atomic E-state index is 14.2. The van der Waals surface area contributed by atoms with Crippen molar-refractivity contribution in [1.29, 1.82) is 0 Å². The molecule has 5 aliphatic rings. The summed E-state index contributed by atoms with van der Waals surface area (Å²) >= 11 is 0. The normalized spacial score (nSPS) is 46.3. The van der Waals surface area contributed by atoms with Crippen LogP contribution in [0.5, 0.6) is 0 Å². The molecule has 0 aromatic carbocycles. The predicted octanol–water partition coefficient (Wildman–Crippen LogP) is 4.90. The minimum absolute atomic E-state index is 0.0119. The van der Waals surface area contributed by atoms with Crippen molar-refractivity contribution in [3.63, 3.8) is 0 Å². The van der Waals surface area contributed by atoms with Crippen molar-refractivity contribution in [2.75, 3.05) is 6.61 Å². The summed E-state index contributed by atoms with van der Waals surface area (Å²) in [6, 6.07) is 0. The molecule has 4 nitrogen and oxygen atoms in total. The highest BCUT2D eigenvalue weighted by Crippen LogP contribution is 2.72. The average molecular weight is 401 g/mol. The van der Waals surface area contributed by atoms with E-state index in [9.17, 15) is 14.4 Å². The third kappa shape index (κ3) is 2.53. The van der Waals surface area contributed by atoms with Gasteiger partial charge in [-0.3, -0.25) is 14.4 Å². The Labute approximate surface area is 174 Å². The largest absolute Gasteiger partial charge is 0.465 e. The van der Waals surface area contributed by atoms with Crippen LogP contribution in [0.3, 0.4) is 0 Å². The van der Waals surface area contributed by atoms with Crippen LogP contribution in [0.2, 0.25) is 0 Å². The predicted molar refractivity (Wildman–Crippen MR) is 111 cm³/mol. The van der Waals surface area contributed by atoms with Gasteiger partial charge in [0.25, 0.3) is 0 Å². The number of allylic oxidation sites excluding steroid dienone is 1. The molecule has 5 rings (SSSR count). The van der Waals surface area contributed by atoms with Crippen LogP contribution in [0.4, 0.5) is 0 Å². The van der Waals surface area contributed by atoms with Crippen molar-refractivity contribution in [3.8, 4) is 0 Å². The van der Waals surface area contributed by atoms with E-state index in [0.717, 1.165) is 44.9 Å². The second kappa shape index (κ2) is 6.78. The maximum absolute atomic E-state index is 14.2. The summed E-state index contributed by atoms with van der Waals surface area (Å²) in [6.07, 6.45) is 7.80. The fourth-order valence-corrected chi connectivity index (χ4v) is 8.38. The molecular weight excluding hydrogens is 364 g/mol. The van der Waals surface area contributed by atoms with Gasteiger partial charge >= 0.3 is 5.97 Å². The van der Waals surface area contributed by atoms with Crippen molar-refractivity contribution in [1.82, 2.24) is 0 Å². The van der Waals surface area contributed by atoms with Gasteiger partial charge in [-0.25, -0.2) is 0 Å². The van der Waals surface area contributed by atoms with Gasteiger partial charge in [0.1, 0.15) is 6.61 Å². The Balaban J connectivity index is 1.91. The zero-order valence-corrected chi connectivity index (χ0v) is 18.5. The summed E-state index contributed by atoms with van der Waals surface area (Å²) in [5.74, 6) is -0.133. The van der Waals surface area contributed by atoms with Gasteiger partial charge in [0.15, 0.2) is 11.6 Å². The van der Waals surface area contributed by atoms with Crippen LogP contribution in [0.1, 0.15) is 79.1 Å². The quantitative estimate of drug-likeness (QED) is 0.382. The lowest BCUT2D eigenvalue weighted by atomic mass is 9.33. The Kier molecular flexibility index (Phi) is 4.87. The number of ether oxygens (including phenoxy) is 1. The summed E-state index contributed by atoms with van der Waals surface area (Å²) in [5, 5.41) is 0. The molecular formula is C25H36O4. The van der Waals surface area contributed by atoms with E-state index in [1.54, 1.807) is 0 Å². The summed E-state index contributed by atoms with van der Waals surface area (Å²) in [4.78, 5) is 39.4. The van der Waals surface area contributed by atoms with Crippen LogP contribution in [-0.4, -0.2) is 24.1 Å². The number of carbonyl (C=O) groups excluding carboxylic acids is 3. The zero-order valence-electron chi connectivity index (χ0n) is 18.5. The molecule has 160 valence electrons. The number of carbonyl (C=O) groups is 3. The average Bonchev–Trinajstić information content (AvgIpc) is 2.71. The van der Waals surface area contributed by atoms with Crippen molar-refractivity contribution in [3.05, 3.63) is 12.2 Å². The molecule has 7 atom stereocenters. The number of fused-ring (bicyclic) bond motifs is 3. The minimum atomic E-state index is -0.921. The van der Waals surface area contributed by atoms with E-state index in [1.165, 1.54) is 6.92 Å². The van der Waals surface area contributed by atoms with Crippen molar-refractivity contribution >= 4 is 17.5 Å². The molecule has 0 radical (unpaired) electrons. The summed E-state index contributed by atoms with van der Waals surface area (Å²) in [6.45, 7) is 12.4. The van der Waals surface area contributed by atoms with Crippen LogP contribution in [0, 0.1) is 39.9 Å². The van der Waals surface area contributed by atoms with Crippen LogP contribution in [0.25, 0.3) is 0 Å². The molecule has 0 aromatic rings. The highest BCUT2D eigenvalue weighted by atomic mass is 16.5. The molecule has 5 fully saturated rings. The van der Waals surface area contributed by atoms with E-state index in [2.05, 4.69) is 27.4 Å². The van der Waals surface area contributed by atoms with E-state index in [4.69, 9.17) is 4.74 Å². The smallest absolute Gasteiger partial charge is 0.302 e. The van der Waals surface area contributed by atoms with E-state index < -0.39 is 5.41 Å². The molecule has 0 aliphatic heterocycles. The van der Waals surface area contributed by atoms with Gasteiger partial charge in [0, 0.05) is 6.92 Å². The molecule has 2 bridgehead atoms. The zero-order chi connectivity index (χ0) is 21.2. The van der Waals surface area contributed by atoms with Gasteiger partial charge in [-0.1, -0.05) is 40.2 Å². The number of ketones is 2. The number of esters is 1. The highest BCUT2D eigenvalue weighted by molar-refractivity contribution is 6.17. The Hall–Kier alpha value is -1.45. The summed E-state index contributed by atoms with van der Waals surface area (Å²) < 4.78 is 5.48. The molecule has 29 heavy (non-hydrogen) atoms. The van der Waals surface area contributed by atoms with Gasteiger partial charge in [0.05, 0.1) is 11.3 Å². The molecule has 0 heterocycles. The van der Waals surface area contributed by atoms with Gasteiger partial charge in [-0.05, 0) is 72.7 Å². The fraction of sp³-hybridized carbons (Fsp3) is 0.800. The molecule has 0 saturated heterocycles. The second-order valence-corrected chi connectivity index (χ2v) is 10.5. The van der Waals surface area contributed by atoms with Crippen LogP contribution < -0.4 is 0 Å². The first-order valence-electron chi connectivity index (χ1n) is 11.6. The SMILES string of the molecule is C=C1C(=O)C23CC[C@H]1CC2[C@]1(CC)CCC[C@@](C)(CC)C1[C@H](COC(C)=O)C3=O. The monoisotopic (exact) mass is 400 g/mol. The van der Waals surface area contributed by atoms with E-state index in [0.29, 0.717) is 12.0 Å². The molecule has 1 spiro atoms.